The Bertz CT molecular complexity index is 623. The molecule has 22 heavy (non-hydrogen) atoms. The number of hydrogen-bond donors (Lipinski definition) is 1. The van der Waals surface area contributed by atoms with Crippen LogP contribution in [0.1, 0.15) is 35.2 Å². The van der Waals surface area contributed by atoms with E-state index in [0.29, 0.717) is 11.6 Å². The van der Waals surface area contributed by atoms with Gasteiger partial charge in [0.15, 0.2) is 0 Å². The summed E-state index contributed by atoms with van der Waals surface area (Å²) in [6, 6.07) is 10.1. The fourth-order valence-electron chi connectivity index (χ4n) is 3.16. The molecule has 0 radical (unpaired) electrons. The third-order valence-corrected chi connectivity index (χ3v) is 4.30. The molecular formula is C17H22N4O. The van der Waals surface area contributed by atoms with Gasteiger partial charge in [0.25, 0.3) is 0 Å². The molecule has 1 saturated heterocycles. The molecule has 2 aromatic rings. The zero-order valence-electron chi connectivity index (χ0n) is 12.7. The lowest BCUT2D eigenvalue weighted by Gasteiger charge is -2.35. The number of amides is 1. The molecule has 1 fully saturated rings. The Morgan fingerprint density at radius 1 is 1.32 bits per heavy atom. The number of nitrogens with two attached hydrogens (primary N) is 1. The largest absolute Gasteiger partial charge is 0.366 e. The second kappa shape index (κ2) is 6.75. The van der Waals surface area contributed by atoms with Crippen molar-refractivity contribution in [3.63, 3.8) is 0 Å². The van der Waals surface area contributed by atoms with E-state index in [2.05, 4.69) is 16.1 Å². The molecule has 1 aromatic heterocycles. The van der Waals surface area contributed by atoms with Gasteiger partial charge in [0.05, 0.1) is 6.54 Å². The fourth-order valence-corrected chi connectivity index (χ4v) is 3.16. The van der Waals surface area contributed by atoms with Crippen molar-refractivity contribution in [1.29, 1.82) is 0 Å². The minimum absolute atomic E-state index is 0.367. The second-order valence-electron chi connectivity index (χ2n) is 5.91. The summed E-state index contributed by atoms with van der Waals surface area (Å²) in [5.41, 5.74) is 7.09. The summed E-state index contributed by atoms with van der Waals surface area (Å²) < 4.78 is 2.00. The van der Waals surface area contributed by atoms with Gasteiger partial charge >= 0.3 is 0 Å². The third-order valence-electron chi connectivity index (χ3n) is 4.30. The summed E-state index contributed by atoms with van der Waals surface area (Å²) in [5, 5.41) is 4.32. The SMILES string of the molecule is NC(=O)c1cccc(CN2CCCC[C@@H]2Cn2cccn2)c1. The number of carbonyl (C=O) groups excluding carboxylic acids is 1. The number of rotatable bonds is 5. The lowest BCUT2D eigenvalue weighted by Crippen LogP contribution is -2.41. The molecule has 1 aromatic carbocycles. The van der Waals surface area contributed by atoms with E-state index in [1.54, 1.807) is 6.07 Å². The van der Waals surface area contributed by atoms with Crippen LogP contribution < -0.4 is 5.73 Å². The Labute approximate surface area is 130 Å². The number of aromatic nitrogens is 2. The monoisotopic (exact) mass is 298 g/mol. The normalized spacial score (nSPS) is 19.2. The molecule has 0 saturated carbocycles. The lowest BCUT2D eigenvalue weighted by molar-refractivity contribution is 0.0999. The predicted octanol–water partition coefficient (Wildman–Crippen LogP) is 2.04. The first-order valence-electron chi connectivity index (χ1n) is 7.82. The van der Waals surface area contributed by atoms with Crippen molar-refractivity contribution >= 4 is 5.91 Å². The van der Waals surface area contributed by atoms with Crippen LogP contribution in [0.4, 0.5) is 0 Å². The van der Waals surface area contributed by atoms with Gasteiger partial charge in [-0.05, 0) is 43.1 Å². The molecule has 5 nitrogen and oxygen atoms in total. The maximum Gasteiger partial charge on any atom is 0.248 e. The van der Waals surface area contributed by atoms with Crippen molar-refractivity contribution < 1.29 is 4.79 Å². The van der Waals surface area contributed by atoms with Crippen molar-refractivity contribution in [3.05, 3.63) is 53.9 Å². The summed E-state index contributed by atoms with van der Waals surface area (Å²) in [7, 11) is 0. The van der Waals surface area contributed by atoms with Crippen LogP contribution in [0.25, 0.3) is 0 Å². The summed E-state index contributed by atoms with van der Waals surface area (Å²) in [6.07, 6.45) is 7.52. The molecule has 0 spiro atoms. The van der Waals surface area contributed by atoms with E-state index >= 15 is 0 Å². The van der Waals surface area contributed by atoms with Crippen LogP contribution in [-0.4, -0.2) is 33.2 Å². The Morgan fingerprint density at radius 2 is 2.23 bits per heavy atom. The molecule has 0 bridgehead atoms. The average molecular weight is 298 g/mol. The number of nitrogens with zero attached hydrogens (tertiary/aromatic N) is 3. The van der Waals surface area contributed by atoms with Crippen LogP contribution in [0, 0.1) is 0 Å². The lowest BCUT2D eigenvalue weighted by atomic mass is 10.0. The Balaban J connectivity index is 1.71. The molecule has 1 atom stereocenters. The van der Waals surface area contributed by atoms with E-state index < -0.39 is 0 Å². The minimum Gasteiger partial charge on any atom is -0.366 e. The van der Waals surface area contributed by atoms with Gasteiger partial charge in [-0.15, -0.1) is 0 Å². The molecule has 5 heteroatoms. The van der Waals surface area contributed by atoms with E-state index in [-0.39, 0.29) is 5.91 Å². The molecular weight excluding hydrogens is 276 g/mol. The average Bonchev–Trinajstić information content (AvgIpc) is 3.02. The molecule has 3 rings (SSSR count). The van der Waals surface area contributed by atoms with E-state index in [4.69, 9.17) is 5.73 Å². The highest BCUT2D eigenvalue weighted by atomic mass is 16.1. The number of carbonyl (C=O) groups is 1. The first-order chi connectivity index (χ1) is 10.7. The van der Waals surface area contributed by atoms with Crippen LogP contribution in [0.3, 0.4) is 0 Å². The van der Waals surface area contributed by atoms with Crippen LogP contribution in [0.2, 0.25) is 0 Å². The zero-order chi connectivity index (χ0) is 15.4. The van der Waals surface area contributed by atoms with Crippen molar-refractivity contribution in [1.82, 2.24) is 14.7 Å². The molecule has 116 valence electrons. The third kappa shape index (κ3) is 3.54. The highest BCUT2D eigenvalue weighted by Gasteiger charge is 2.23. The molecule has 0 aliphatic carbocycles. The van der Waals surface area contributed by atoms with Gasteiger partial charge in [0.1, 0.15) is 0 Å². The molecule has 2 N–H and O–H groups in total. The highest BCUT2D eigenvalue weighted by Crippen LogP contribution is 2.21. The van der Waals surface area contributed by atoms with E-state index in [1.807, 2.05) is 35.3 Å². The van der Waals surface area contributed by atoms with Gasteiger partial charge in [0, 0.05) is 30.5 Å². The van der Waals surface area contributed by atoms with Crippen LogP contribution in [0.5, 0.6) is 0 Å². The van der Waals surface area contributed by atoms with E-state index in [9.17, 15) is 4.79 Å². The number of hydrogen-bond acceptors (Lipinski definition) is 3. The van der Waals surface area contributed by atoms with Crippen molar-refractivity contribution in [3.8, 4) is 0 Å². The number of benzene rings is 1. The summed E-state index contributed by atoms with van der Waals surface area (Å²) in [5.74, 6) is -0.367. The molecule has 1 aliphatic rings. The minimum atomic E-state index is -0.367. The Morgan fingerprint density at radius 3 is 3.00 bits per heavy atom. The second-order valence-corrected chi connectivity index (χ2v) is 5.91. The fraction of sp³-hybridized carbons (Fsp3) is 0.412. The summed E-state index contributed by atoms with van der Waals surface area (Å²) >= 11 is 0. The van der Waals surface area contributed by atoms with Crippen molar-refractivity contribution in [2.75, 3.05) is 6.54 Å². The van der Waals surface area contributed by atoms with Gasteiger partial charge < -0.3 is 5.73 Å². The standard InChI is InChI=1S/C17H22N4O/c18-17(22)15-6-3-5-14(11-15)12-20-9-2-1-7-16(20)13-21-10-4-8-19-21/h3-6,8,10-11,16H,1-2,7,9,12-13H2,(H2,18,22)/t16-/m1/s1. The highest BCUT2D eigenvalue weighted by molar-refractivity contribution is 5.92. The van der Waals surface area contributed by atoms with E-state index in [1.165, 1.54) is 19.3 Å². The van der Waals surface area contributed by atoms with Gasteiger partial charge in [-0.25, -0.2) is 0 Å². The van der Waals surface area contributed by atoms with Crippen LogP contribution in [-0.2, 0) is 13.1 Å². The summed E-state index contributed by atoms with van der Waals surface area (Å²) in [6.45, 7) is 2.86. The molecule has 2 heterocycles. The topological polar surface area (TPSA) is 64.2 Å². The van der Waals surface area contributed by atoms with Crippen LogP contribution in [0.15, 0.2) is 42.7 Å². The first-order valence-corrected chi connectivity index (χ1v) is 7.82. The molecule has 1 aliphatic heterocycles. The van der Waals surface area contributed by atoms with Gasteiger partial charge in [0.2, 0.25) is 5.91 Å². The maximum atomic E-state index is 11.3. The zero-order valence-corrected chi connectivity index (χ0v) is 12.7. The van der Waals surface area contributed by atoms with Gasteiger partial charge in [-0.1, -0.05) is 18.6 Å². The Hall–Kier alpha value is -2.14. The van der Waals surface area contributed by atoms with Crippen LogP contribution >= 0.6 is 0 Å². The van der Waals surface area contributed by atoms with Gasteiger partial charge in [-0.3, -0.25) is 14.4 Å². The number of likely N-dealkylation sites (tertiary alicyclic amines) is 1. The van der Waals surface area contributed by atoms with Crippen molar-refractivity contribution in [2.45, 2.75) is 38.4 Å². The molecule has 0 unspecified atom stereocenters. The first kappa shape index (κ1) is 14.8. The smallest absolute Gasteiger partial charge is 0.248 e. The summed E-state index contributed by atoms with van der Waals surface area (Å²) in [4.78, 5) is 13.8. The van der Waals surface area contributed by atoms with Gasteiger partial charge in [-0.2, -0.15) is 5.10 Å². The molecule has 1 amide bonds. The predicted molar refractivity (Wildman–Crippen MR) is 85.2 cm³/mol. The Kier molecular flexibility index (Phi) is 4.53. The van der Waals surface area contributed by atoms with E-state index in [0.717, 1.165) is 25.2 Å². The maximum absolute atomic E-state index is 11.3. The number of primary amides is 1. The van der Waals surface area contributed by atoms with Crippen molar-refractivity contribution in [2.24, 2.45) is 5.73 Å². The number of piperidine rings is 1. The quantitative estimate of drug-likeness (QED) is 0.918.